The number of anilines is 2. The summed E-state index contributed by atoms with van der Waals surface area (Å²) in [6.07, 6.45) is 0. The number of rotatable bonds is 2. The lowest BCUT2D eigenvalue weighted by Crippen LogP contribution is -2.02. The first kappa shape index (κ1) is 12.8. The van der Waals surface area contributed by atoms with Crippen LogP contribution in [0.3, 0.4) is 0 Å². The number of benzene rings is 1. The van der Waals surface area contributed by atoms with Gasteiger partial charge in [0.25, 0.3) is 5.95 Å². The van der Waals surface area contributed by atoms with Crippen LogP contribution in [0.25, 0.3) is 0 Å². The summed E-state index contributed by atoms with van der Waals surface area (Å²) in [5.74, 6) is -5.26. The first-order valence-corrected chi connectivity index (χ1v) is 5.50. The van der Waals surface area contributed by atoms with Crippen LogP contribution in [0.4, 0.5) is 29.1 Å². The van der Waals surface area contributed by atoms with Gasteiger partial charge in [-0.05, 0) is 18.2 Å². The van der Waals surface area contributed by atoms with Crippen molar-refractivity contribution in [2.75, 3.05) is 5.32 Å². The second-order valence-corrected chi connectivity index (χ2v) is 4.26. The van der Waals surface area contributed by atoms with E-state index >= 15 is 0 Å². The number of hydrogen-bond donors (Lipinski definition) is 1. The van der Waals surface area contributed by atoms with E-state index in [4.69, 9.17) is 0 Å². The fourth-order valence-corrected chi connectivity index (χ4v) is 1.61. The van der Waals surface area contributed by atoms with E-state index in [-0.39, 0.29) is 5.69 Å². The van der Waals surface area contributed by atoms with Gasteiger partial charge in [-0.15, -0.1) is 0 Å². The molecule has 1 N–H and O–H groups in total. The monoisotopic (exact) mass is 320 g/mol. The molecular weight excluding hydrogens is 316 g/mol. The van der Waals surface area contributed by atoms with Crippen molar-refractivity contribution in [3.05, 3.63) is 52.1 Å². The fourth-order valence-electron chi connectivity index (χ4n) is 1.25. The Labute approximate surface area is 108 Å². The molecule has 0 unspecified atom stereocenters. The molecule has 18 heavy (non-hydrogen) atoms. The zero-order valence-corrected chi connectivity index (χ0v) is 10.2. The van der Waals surface area contributed by atoms with E-state index in [9.17, 15) is 17.6 Å². The zero-order chi connectivity index (χ0) is 13.3. The maximum atomic E-state index is 13.4. The van der Waals surface area contributed by atoms with Crippen molar-refractivity contribution in [1.82, 2.24) is 4.98 Å². The molecule has 0 aliphatic rings. The molecule has 0 atom stereocenters. The third kappa shape index (κ3) is 2.61. The number of nitrogens with one attached hydrogen (secondary N) is 1. The molecule has 94 valence electrons. The highest BCUT2D eigenvalue weighted by Crippen LogP contribution is 2.24. The quantitative estimate of drug-likeness (QED) is 0.664. The van der Waals surface area contributed by atoms with Gasteiger partial charge in [0.05, 0.1) is 5.69 Å². The van der Waals surface area contributed by atoms with Crippen LogP contribution in [0.5, 0.6) is 0 Å². The molecule has 0 fully saturated rings. The van der Waals surface area contributed by atoms with Crippen LogP contribution >= 0.6 is 15.9 Å². The van der Waals surface area contributed by atoms with E-state index in [1.165, 1.54) is 12.1 Å². The van der Waals surface area contributed by atoms with Crippen LogP contribution in [0, 0.1) is 23.4 Å². The first-order valence-electron chi connectivity index (χ1n) is 4.71. The van der Waals surface area contributed by atoms with Gasteiger partial charge in [0, 0.05) is 10.5 Å². The predicted octanol–water partition coefficient (Wildman–Crippen LogP) is 4.14. The average molecular weight is 321 g/mol. The fraction of sp³-hybridized carbons (Fsp3) is 0. The van der Waals surface area contributed by atoms with E-state index in [1.807, 2.05) is 0 Å². The van der Waals surface area contributed by atoms with Gasteiger partial charge in [-0.3, -0.25) is 0 Å². The highest BCUT2D eigenvalue weighted by molar-refractivity contribution is 9.10. The van der Waals surface area contributed by atoms with Crippen LogP contribution in [0.15, 0.2) is 28.7 Å². The van der Waals surface area contributed by atoms with Gasteiger partial charge in [-0.1, -0.05) is 15.9 Å². The van der Waals surface area contributed by atoms with Crippen LogP contribution in [-0.4, -0.2) is 4.98 Å². The topological polar surface area (TPSA) is 24.9 Å². The number of aromatic nitrogens is 1. The minimum absolute atomic E-state index is 0.109. The summed E-state index contributed by atoms with van der Waals surface area (Å²) in [6, 6.07) is 4.22. The largest absolute Gasteiger partial charge is 0.335 e. The van der Waals surface area contributed by atoms with Gasteiger partial charge >= 0.3 is 0 Å². The molecule has 2 aromatic rings. The van der Waals surface area contributed by atoms with Crippen molar-refractivity contribution < 1.29 is 17.6 Å². The molecule has 1 aromatic heterocycles. The molecule has 7 heteroatoms. The molecule has 2 nitrogen and oxygen atoms in total. The molecule has 1 aromatic carbocycles. The van der Waals surface area contributed by atoms with Crippen LogP contribution in [0.1, 0.15) is 0 Å². The summed E-state index contributed by atoms with van der Waals surface area (Å²) in [7, 11) is 0. The molecule has 0 radical (unpaired) electrons. The molecule has 0 bridgehead atoms. The Balaban J connectivity index is 2.40. The normalized spacial score (nSPS) is 10.5. The molecule has 0 spiro atoms. The second-order valence-electron chi connectivity index (χ2n) is 3.34. The maximum Gasteiger partial charge on any atom is 0.251 e. The minimum atomic E-state index is -1.46. The average Bonchev–Trinajstić information content (AvgIpc) is 2.30. The number of pyridine rings is 1. The molecule has 0 saturated heterocycles. The second kappa shape index (κ2) is 4.93. The van der Waals surface area contributed by atoms with Crippen LogP contribution in [0.2, 0.25) is 0 Å². The Morgan fingerprint density at radius 2 is 1.67 bits per heavy atom. The number of halogens is 5. The molecule has 0 saturated carbocycles. The smallest absolute Gasteiger partial charge is 0.251 e. The van der Waals surface area contributed by atoms with Gasteiger partial charge < -0.3 is 5.32 Å². The van der Waals surface area contributed by atoms with Crippen molar-refractivity contribution in [3.63, 3.8) is 0 Å². The summed E-state index contributed by atoms with van der Waals surface area (Å²) < 4.78 is 52.7. The van der Waals surface area contributed by atoms with Crippen LogP contribution in [-0.2, 0) is 0 Å². The Hall–Kier alpha value is -1.63. The van der Waals surface area contributed by atoms with Crippen molar-refractivity contribution in [3.8, 4) is 0 Å². The molecular formula is C11H5BrF4N2. The summed E-state index contributed by atoms with van der Waals surface area (Å²) >= 11 is 3.10. The minimum Gasteiger partial charge on any atom is -0.335 e. The van der Waals surface area contributed by atoms with E-state index in [0.29, 0.717) is 10.5 Å². The standard InChI is InChI=1S/C11H5BrF4N2/c12-5-1-2-6(13)9(3-5)17-11-8(15)4-7(14)10(16)18-11/h1-4H,(H,17,18). The van der Waals surface area contributed by atoms with Crippen molar-refractivity contribution in [2.45, 2.75) is 0 Å². The Morgan fingerprint density at radius 3 is 2.39 bits per heavy atom. The zero-order valence-electron chi connectivity index (χ0n) is 8.65. The summed E-state index contributed by atoms with van der Waals surface area (Å²) in [4.78, 5) is 3.03. The Bertz CT molecular complexity index is 604. The number of nitrogens with zero attached hydrogens (tertiary/aromatic N) is 1. The van der Waals surface area contributed by atoms with Gasteiger partial charge in [0.2, 0.25) is 0 Å². The SMILES string of the molecule is Fc1ccc(Br)cc1Nc1nc(F)c(F)cc1F. The Morgan fingerprint density at radius 1 is 0.944 bits per heavy atom. The van der Waals surface area contributed by atoms with E-state index in [2.05, 4.69) is 26.2 Å². The predicted molar refractivity (Wildman–Crippen MR) is 61.5 cm³/mol. The molecule has 0 aliphatic carbocycles. The highest BCUT2D eigenvalue weighted by Gasteiger charge is 2.13. The van der Waals surface area contributed by atoms with E-state index in [1.54, 1.807) is 0 Å². The van der Waals surface area contributed by atoms with Crippen molar-refractivity contribution in [1.29, 1.82) is 0 Å². The molecule has 1 heterocycles. The molecule has 0 aliphatic heterocycles. The van der Waals surface area contributed by atoms with E-state index < -0.39 is 29.2 Å². The molecule has 2 rings (SSSR count). The Kier molecular flexibility index (Phi) is 3.51. The lowest BCUT2D eigenvalue weighted by molar-refractivity contribution is 0.467. The lowest BCUT2D eigenvalue weighted by Gasteiger charge is -2.08. The summed E-state index contributed by atoms with van der Waals surface area (Å²) in [5, 5.41) is 2.25. The lowest BCUT2D eigenvalue weighted by atomic mass is 10.3. The third-order valence-corrected chi connectivity index (χ3v) is 2.56. The van der Waals surface area contributed by atoms with Crippen molar-refractivity contribution >= 4 is 27.4 Å². The van der Waals surface area contributed by atoms with Gasteiger partial charge in [-0.2, -0.15) is 9.37 Å². The number of hydrogen-bond acceptors (Lipinski definition) is 2. The third-order valence-electron chi connectivity index (χ3n) is 2.07. The first-order chi connectivity index (χ1) is 8.47. The van der Waals surface area contributed by atoms with Gasteiger partial charge in [0.1, 0.15) is 5.82 Å². The summed E-state index contributed by atoms with van der Waals surface area (Å²) in [6.45, 7) is 0. The van der Waals surface area contributed by atoms with Crippen LogP contribution < -0.4 is 5.32 Å². The molecule has 0 amide bonds. The maximum absolute atomic E-state index is 13.4. The van der Waals surface area contributed by atoms with Crippen molar-refractivity contribution in [2.24, 2.45) is 0 Å². The van der Waals surface area contributed by atoms with Gasteiger partial charge in [-0.25, -0.2) is 13.2 Å². The summed E-state index contributed by atoms with van der Waals surface area (Å²) in [5.41, 5.74) is -0.109. The highest BCUT2D eigenvalue weighted by atomic mass is 79.9. The van der Waals surface area contributed by atoms with E-state index in [0.717, 1.165) is 6.07 Å². The van der Waals surface area contributed by atoms with Gasteiger partial charge in [0.15, 0.2) is 17.5 Å².